The monoisotopic (exact) mass is 387 g/mol. The van der Waals surface area contributed by atoms with Crippen molar-refractivity contribution in [3.8, 4) is 5.75 Å². The highest BCUT2D eigenvalue weighted by Crippen LogP contribution is 2.29. The summed E-state index contributed by atoms with van der Waals surface area (Å²) >= 11 is 0. The van der Waals surface area contributed by atoms with Gasteiger partial charge in [-0.05, 0) is 60.5 Å². The van der Waals surface area contributed by atoms with Crippen LogP contribution in [0.5, 0.6) is 5.75 Å². The van der Waals surface area contributed by atoms with E-state index in [-0.39, 0.29) is 11.7 Å². The van der Waals surface area contributed by atoms with Crippen LogP contribution in [0.3, 0.4) is 0 Å². The smallest absolute Gasteiger partial charge is 0.254 e. The average Bonchev–Trinajstić information content (AvgIpc) is 3.10. The van der Waals surface area contributed by atoms with Crippen LogP contribution in [0, 0.1) is 0 Å². The lowest BCUT2D eigenvalue weighted by Gasteiger charge is -2.28. The molecule has 0 bridgehead atoms. The number of amides is 1. The van der Waals surface area contributed by atoms with Gasteiger partial charge < -0.3 is 19.9 Å². The maximum atomic E-state index is 13.3. The van der Waals surface area contributed by atoms with Gasteiger partial charge in [-0.15, -0.1) is 0 Å². The lowest BCUT2D eigenvalue weighted by molar-refractivity contribution is 0.0775. The van der Waals surface area contributed by atoms with Crippen LogP contribution in [-0.4, -0.2) is 52.5 Å². The molecule has 0 atom stereocenters. The van der Waals surface area contributed by atoms with Crippen molar-refractivity contribution < 1.29 is 9.90 Å². The predicted molar refractivity (Wildman–Crippen MR) is 115 cm³/mol. The van der Waals surface area contributed by atoms with E-state index in [4.69, 9.17) is 0 Å². The van der Waals surface area contributed by atoms with Gasteiger partial charge in [-0.1, -0.05) is 18.2 Å². The van der Waals surface area contributed by atoms with Gasteiger partial charge in [0.05, 0.1) is 0 Å². The third-order valence-electron chi connectivity index (χ3n) is 6.07. The number of aromatic amines is 1. The van der Waals surface area contributed by atoms with Crippen molar-refractivity contribution >= 4 is 22.4 Å². The minimum atomic E-state index is 0.0665. The van der Waals surface area contributed by atoms with Crippen LogP contribution in [0.1, 0.15) is 33.6 Å². The first kappa shape index (κ1) is 18.0. The normalized spacial score (nSPS) is 17.3. The first-order valence-electron chi connectivity index (χ1n) is 10.2. The summed E-state index contributed by atoms with van der Waals surface area (Å²) in [5, 5.41) is 10.9. The fourth-order valence-corrected chi connectivity index (χ4v) is 4.50. The quantitative estimate of drug-likeness (QED) is 0.703. The summed E-state index contributed by atoms with van der Waals surface area (Å²) in [6.45, 7) is 3.26. The van der Waals surface area contributed by atoms with E-state index in [9.17, 15) is 9.90 Å². The van der Waals surface area contributed by atoms with E-state index in [0.717, 1.165) is 53.5 Å². The second kappa shape index (κ2) is 7.08. The highest BCUT2D eigenvalue weighted by atomic mass is 16.3. The number of rotatable bonds is 2. The topological polar surface area (TPSA) is 59.6 Å². The molecule has 2 aromatic carbocycles. The first-order valence-corrected chi connectivity index (χ1v) is 10.2. The standard InChI is InChI=1S/C24H25N3O2/c1-26-11-9-23-21(15-26)20-13-17(7-8-22(20)25-23)24(29)27-10-3-5-18(14-27)16-4-2-6-19(28)12-16/h2,4-8,12-13,25,28H,3,9-11,14-15H2,1H3. The third kappa shape index (κ3) is 3.32. The van der Waals surface area contributed by atoms with E-state index >= 15 is 0 Å². The number of aromatic hydroxyl groups is 1. The number of phenolic OH excluding ortho intramolecular Hbond substituents is 1. The maximum Gasteiger partial charge on any atom is 0.254 e. The minimum absolute atomic E-state index is 0.0665. The Hall–Kier alpha value is -3.05. The van der Waals surface area contributed by atoms with Crippen LogP contribution in [0.4, 0.5) is 0 Å². The molecule has 0 saturated carbocycles. The van der Waals surface area contributed by atoms with Crippen molar-refractivity contribution in [3.63, 3.8) is 0 Å². The Balaban J connectivity index is 1.42. The van der Waals surface area contributed by atoms with E-state index in [1.165, 1.54) is 11.3 Å². The van der Waals surface area contributed by atoms with Crippen LogP contribution in [0.15, 0.2) is 48.5 Å². The summed E-state index contributed by atoms with van der Waals surface area (Å²) in [5.41, 5.74) is 6.53. The molecule has 0 radical (unpaired) electrons. The fourth-order valence-electron chi connectivity index (χ4n) is 4.50. The molecule has 1 amide bonds. The highest BCUT2D eigenvalue weighted by molar-refractivity contribution is 6.00. The van der Waals surface area contributed by atoms with Crippen LogP contribution in [0.25, 0.3) is 16.5 Å². The van der Waals surface area contributed by atoms with Crippen LogP contribution in [0.2, 0.25) is 0 Å². The fraction of sp³-hybridized carbons (Fsp3) is 0.292. The molecule has 2 aliphatic rings. The zero-order chi connectivity index (χ0) is 20.0. The Labute approximate surface area is 170 Å². The molecule has 2 aliphatic heterocycles. The van der Waals surface area contributed by atoms with E-state index < -0.39 is 0 Å². The predicted octanol–water partition coefficient (Wildman–Crippen LogP) is 3.79. The molecule has 2 N–H and O–H groups in total. The second-order valence-corrected chi connectivity index (χ2v) is 8.13. The SMILES string of the molecule is CN1CCc2[nH]c3ccc(C(=O)N4CCC=C(c5cccc(O)c5)C4)cc3c2C1. The number of fused-ring (bicyclic) bond motifs is 3. The molecule has 5 nitrogen and oxygen atoms in total. The van der Waals surface area contributed by atoms with Gasteiger partial charge in [0.25, 0.3) is 5.91 Å². The number of nitrogens with one attached hydrogen (secondary N) is 1. The summed E-state index contributed by atoms with van der Waals surface area (Å²) in [5.74, 6) is 0.316. The maximum absolute atomic E-state index is 13.3. The third-order valence-corrected chi connectivity index (χ3v) is 6.07. The van der Waals surface area contributed by atoms with Gasteiger partial charge in [0.15, 0.2) is 0 Å². The molecule has 5 rings (SSSR count). The molecule has 3 aromatic rings. The molecule has 3 heterocycles. The summed E-state index contributed by atoms with van der Waals surface area (Å²) in [6, 6.07) is 13.3. The Bertz CT molecular complexity index is 1130. The number of phenols is 1. The van der Waals surface area contributed by atoms with Crippen molar-refractivity contribution in [1.29, 1.82) is 0 Å². The van der Waals surface area contributed by atoms with Gasteiger partial charge in [-0.3, -0.25) is 4.79 Å². The Kier molecular flexibility index (Phi) is 4.40. The molecule has 5 heteroatoms. The van der Waals surface area contributed by atoms with Gasteiger partial charge in [-0.2, -0.15) is 0 Å². The van der Waals surface area contributed by atoms with Gasteiger partial charge in [0.1, 0.15) is 5.75 Å². The summed E-state index contributed by atoms with van der Waals surface area (Å²) in [6.07, 6.45) is 4.01. The van der Waals surface area contributed by atoms with Crippen LogP contribution < -0.4 is 0 Å². The lowest BCUT2D eigenvalue weighted by atomic mass is 9.99. The Morgan fingerprint density at radius 1 is 1.10 bits per heavy atom. The van der Waals surface area contributed by atoms with Gasteiger partial charge in [0, 0.05) is 54.8 Å². The van der Waals surface area contributed by atoms with Crippen molar-refractivity contribution in [1.82, 2.24) is 14.8 Å². The molecule has 0 fully saturated rings. The Morgan fingerprint density at radius 3 is 2.86 bits per heavy atom. The summed E-state index contributed by atoms with van der Waals surface area (Å²) < 4.78 is 0. The lowest BCUT2D eigenvalue weighted by Crippen LogP contribution is -2.35. The molecular formula is C24H25N3O2. The second-order valence-electron chi connectivity index (χ2n) is 8.13. The molecule has 0 aliphatic carbocycles. The minimum Gasteiger partial charge on any atom is -0.508 e. The van der Waals surface area contributed by atoms with Gasteiger partial charge >= 0.3 is 0 Å². The molecule has 0 spiro atoms. The summed E-state index contributed by atoms with van der Waals surface area (Å²) in [4.78, 5) is 21.0. The van der Waals surface area contributed by atoms with E-state index in [2.05, 4.69) is 29.1 Å². The summed E-state index contributed by atoms with van der Waals surface area (Å²) in [7, 11) is 2.14. The largest absolute Gasteiger partial charge is 0.508 e. The average molecular weight is 387 g/mol. The van der Waals surface area contributed by atoms with Crippen molar-refractivity contribution in [2.75, 3.05) is 26.7 Å². The number of hydrogen-bond donors (Lipinski definition) is 2. The number of carbonyl (C=O) groups is 1. The molecule has 0 unspecified atom stereocenters. The van der Waals surface area contributed by atoms with Gasteiger partial charge in [0.2, 0.25) is 0 Å². The molecule has 1 aromatic heterocycles. The number of aromatic nitrogens is 1. The van der Waals surface area contributed by atoms with Crippen LogP contribution in [-0.2, 0) is 13.0 Å². The number of hydrogen-bond acceptors (Lipinski definition) is 3. The van der Waals surface area contributed by atoms with E-state index in [1.807, 2.05) is 29.2 Å². The molecule has 29 heavy (non-hydrogen) atoms. The van der Waals surface area contributed by atoms with Gasteiger partial charge in [-0.25, -0.2) is 0 Å². The first-order chi connectivity index (χ1) is 14.1. The van der Waals surface area contributed by atoms with Crippen molar-refractivity contribution in [2.24, 2.45) is 0 Å². The molecule has 0 saturated heterocycles. The number of carbonyl (C=O) groups excluding carboxylic acids is 1. The zero-order valence-electron chi connectivity index (χ0n) is 16.6. The van der Waals surface area contributed by atoms with E-state index in [0.29, 0.717) is 13.1 Å². The van der Waals surface area contributed by atoms with Crippen molar-refractivity contribution in [2.45, 2.75) is 19.4 Å². The number of likely N-dealkylation sites (N-methyl/N-ethyl adjacent to an activating group) is 1. The van der Waals surface area contributed by atoms with Crippen LogP contribution >= 0.6 is 0 Å². The van der Waals surface area contributed by atoms with E-state index in [1.54, 1.807) is 12.1 Å². The Morgan fingerprint density at radius 2 is 2.00 bits per heavy atom. The number of nitrogens with zero attached hydrogens (tertiary/aromatic N) is 2. The zero-order valence-corrected chi connectivity index (χ0v) is 16.6. The van der Waals surface area contributed by atoms with Crippen molar-refractivity contribution in [3.05, 3.63) is 70.9 Å². The highest BCUT2D eigenvalue weighted by Gasteiger charge is 2.23. The molecular weight excluding hydrogens is 362 g/mol. The number of H-pyrrole nitrogens is 1. The molecule has 148 valence electrons. The number of benzene rings is 2.